The number of hydrogen-bond acceptors (Lipinski definition) is 9. The van der Waals surface area contributed by atoms with Gasteiger partial charge >= 0.3 is 18.0 Å². The molecule has 0 saturated heterocycles. The van der Waals surface area contributed by atoms with Crippen molar-refractivity contribution in [3.8, 4) is 0 Å². The first-order chi connectivity index (χ1) is 14.8. The molecule has 0 aliphatic rings. The summed E-state index contributed by atoms with van der Waals surface area (Å²) in [7, 11) is 0. The van der Waals surface area contributed by atoms with E-state index in [1.54, 1.807) is 48.5 Å². The molecule has 0 unspecified atom stereocenters. The molecule has 0 aliphatic carbocycles. The molecule has 0 spiro atoms. The minimum atomic E-state index is -1.46. The van der Waals surface area contributed by atoms with Gasteiger partial charge in [-0.2, -0.15) is 0 Å². The summed E-state index contributed by atoms with van der Waals surface area (Å²) in [6.45, 7) is 11.1. The van der Waals surface area contributed by atoms with Gasteiger partial charge in [-0.15, -0.1) is 0 Å². The van der Waals surface area contributed by atoms with Crippen molar-refractivity contribution in [2.75, 3.05) is 19.8 Å². The highest BCUT2D eigenvalue weighted by Gasteiger charge is 2.42. The second kappa shape index (κ2) is 13.7. The van der Waals surface area contributed by atoms with Crippen LogP contribution in [-0.2, 0) is 33.4 Å². The lowest BCUT2D eigenvalue weighted by Crippen LogP contribution is -2.59. The standard InChI is InChI=1S/C21H37N3O8/c1-8-30-16(26)11-10-14(19(28)31-9-2)24(20(29)32-21(5,6)7)18(27)17(13(3)4)23-15(25)12-22/h13-14,17H,8-12,22H2,1-7H3,(H,23,25)/t14-,17-/m1/s1. The number of nitrogens with two attached hydrogens (primary N) is 1. The van der Waals surface area contributed by atoms with Gasteiger partial charge in [0, 0.05) is 6.42 Å². The molecule has 0 saturated carbocycles. The van der Waals surface area contributed by atoms with Gasteiger partial charge < -0.3 is 25.3 Å². The fraction of sp³-hybridized carbons (Fsp3) is 0.762. The Morgan fingerprint density at radius 2 is 1.56 bits per heavy atom. The van der Waals surface area contributed by atoms with Gasteiger partial charge in [0.2, 0.25) is 5.91 Å². The summed E-state index contributed by atoms with van der Waals surface area (Å²) in [6.07, 6.45) is -1.58. The van der Waals surface area contributed by atoms with Crippen LogP contribution in [0.25, 0.3) is 0 Å². The fourth-order valence-corrected chi connectivity index (χ4v) is 2.66. The Hall–Kier alpha value is -2.69. The minimum Gasteiger partial charge on any atom is -0.466 e. The summed E-state index contributed by atoms with van der Waals surface area (Å²) in [6, 6.07) is -2.63. The van der Waals surface area contributed by atoms with Crippen molar-refractivity contribution in [3.05, 3.63) is 0 Å². The number of rotatable bonds is 11. The van der Waals surface area contributed by atoms with Gasteiger partial charge in [0.1, 0.15) is 17.7 Å². The molecule has 32 heavy (non-hydrogen) atoms. The highest BCUT2D eigenvalue weighted by Crippen LogP contribution is 2.19. The molecule has 0 fully saturated rings. The Bertz CT molecular complexity index is 672. The van der Waals surface area contributed by atoms with Gasteiger partial charge in [-0.05, 0) is 47.0 Å². The predicted octanol–water partition coefficient (Wildman–Crippen LogP) is 1.12. The van der Waals surface area contributed by atoms with Crippen molar-refractivity contribution in [2.24, 2.45) is 11.7 Å². The molecule has 0 heterocycles. The first kappa shape index (κ1) is 29.3. The number of imide groups is 1. The van der Waals surface area contributed by atoms with E-state index in [1.807, 2.05) is 0 Å². The summed E-state index contributed by atoms with van der Waals surface area (Å²) in [5.74, 6) is -3.42. The molecule has 3 N–H and O–H groups in total. The van der Waals surface area contributed by atoms with Gasteiger partial charge in [-0.1, -0.05) is 13.8 Å². The maximum Gasteiger partial charge on any atom is 0.417 e. The van der Waals surface area contributed by atoms with E-state index < -0.39 is 53.4 Å². The third-order valence-corrected chi connectivity index (χ3v) is 4.06. The molecule has 0 aromatic rings. The van der Waals surface area contributed by atoms with Crippen LogP contribution in [0.15, 0.2) is 0 Å². The van der Waals surface area contributed by atoms with Crippen LogP contribution in [0.2, 0.25) is 0 Å². The maximum atomic E-state index is 13.4. The first-order valence-electron chi connectivity index (χ1n) is 10.7. The monoisotopic (exact) mass is 459 g/mol. The molecule has 0 aromatic heterocycles. The number of nitrogens with one attached hydrogen (secondary N) is 1. The van der Waals surface area contributed by atoms with Crippen molar-refractivity contribution in [1.82, 2.24) is 10.2 Å². The number of hydrogen-bond donors (Lipinski definition) is 2. The Morgan fingerprint density at radius 1 is 1.00 bits per heavy atom. The van der Waals surface area contributed by atoms with E-state index in [0.29, 0.717) is 4.90 Å². The molecule has 3 amide bonds. The molecule has 11 nitrogen and oxygen atoms in total. The van der Waals surface area contributed by atoms with Crippen LogP contribution in [-0.4, -0.2) is 72.2 Å². The maximum absolute atomic E-state index is 13.4. The summed E-state index contributed by atoms with van der Waals surface area (Å²) in [4.78, 5) is 63.5. The van der Waals surface area contributed by atoms with Crippen LogP contribution in [0.4, 0.5) is 4.79 Å². The topological polar surface area (TPSA) is 154 Å². The number of carbonyl (C=O) groups is 5. The molecule has 0 rings (SSSR count). The highest BCUT2D eigenvalue weighted by molar-refractivity contribution is 6.01. The summed E-state index contributed by atoms with van der Waals surface area (Å²) in [5.41, 5.74) is 4.36. The third-order valence-electron chi connectivity index (χ3n) is 4.06. The van der Waals surface area contributed by atoms with Crippen molar-refractivity contribution < 1.29 is 38.2 Å². The molecule has 11 heteroatoms. The quantitative estimate of drug-likeness (QED) is 0.342. The second-order valence-corrected chi connectivity index (χ2v) is 8.29. The smallest absolute Gasteiger partial charge is 0.417 e. The Morgan fingerprint density at radius 3 is 2.00 bits per heavy atom. The van der Waals surface area contributed by atoms with Gasteiger partial charge in [-0.3, -0.25) is 14.4 Å². The van der Waals surface area contributed by atoms with E-state index in [2.05, 4.69) is 5.32 Å². The molecular weight excluding hydrogens is 422 g/mol. The van der Waals surface area contributed by atoms with E-state index in [9.17, 15) is 24.0 Å². The lowest BCUT2D eigenvalue weighted by Gasteiger charge is -2.34. The molecule has 0 aliphatic heterocycles. The molecule has 0 aromatic carbocycles. The van der Waals surface area contributed by atoms with Crippen LogP contribution in [0.5, 0.6) is 0 Å². The normalized spacial score (nSPS) is 13.0. The zero-order valence-corrected chi connectivity index (χ0v) is 20.1. The molecule has 2 atom stereocenters. The molecule has 0 radical (unpaired) electrons. The largest absolute Gasteiger partial charge is 0.466 e. The Labute approximate surface area is 189 Å². The predicted molar refractivity (Wildman–Crippen MR) is 115 cm³/mol. The summed E-state index contributed by atoms with van der Waals surface area (Å²) >= 11 is 0. The van der Waals surface area contributed by atoms with Gasteiger partial charge in [0.15, 0.2) is 0 Å². The number of ether oxygens (including phenoxy) is 3. The van der Waals surface area contributed by atoms with Gasteiger partial charge in [0.25, 0.3) is 5.91 Å². The van der Waals surface area contributed by atoms with Crippen LogP contribution >= 0.6 is 0 Å². The van der Waals surface area contributed by atoms with E-state index in [4.69, 9.17) is 19.9 Å². The van der Waals surface area contributed by atoms with Crippen molar-refractivity contribution >= 4 is 29.8 Å². The minimum absolute atomic E-state index is 0.0113. The Kier molecular flexibility index (Phi) is 12.5. The van der Waals surface area contributed by atoms with E-state index >= 15 is 0 Å². The van der Waals surface area contributed by atoms with Crippen LogP contribution in [0.3, 0.4) is 0 Å². The second-order valence-electron chi connectivity index (χ2n) is 8.29. The average Bonchev–Trinajstić information content (AvgIpc) is 2.67. The average molecular weight is 460 g/mol. The zero-order chi connectivity index (χ0) is 25.1. The van der Waals surface area contributed by atoms with Crippen LogP contribution in [0.1, 0.15) is 61.3 Å². The number of nitrogens with zero attached hydrogens (tertiary/aromatic N) is 1. The van der Waals surface area contributed by atoms with Crippen LogP contribution in [0, 0.1) is 5.92 Å². The lowest BCUT2D eigenvalue weighted by atomic mass is 10.0. The van der Waals surface area contributed by atoms with Crippen molar-refractivity contribution in [3.63, 3.8) is 0 Å². The van der Waals surface area contributed by atoms with Gasteiger partial charge in [-0.25, -0.2) is 14.5 Å². The van der Waals surface area contributed by atoms with Crippen LogP contribution < -0.4 is 11.1 Å². The fourth-order valence-electron chi connectivity index (χ4n) is 2.66. The first-order valence-corrected chi connectivity index (χ1v) is 10.7. The van der Waals surface area contributed by atoms with Crippen molar-refractivity contribution in [1.29, 1.82) is 0 Å². The number of amides is 3. The van der Waals surface area contributed by atoms with Gasteiger partial charge in [0.05, 0.1) is 19.8 Å². The number of esters is 2. The third kappa shape index (κ3) is 10.1. The zero-order valence-electron chi connectivity index (χ0n) is 20.1. The molecule has 184 valence electrons. The lowest BCUT2D eigenvalue weighted by molar-refractivity contribution is -0.156. The SMILES string of the molecule is CCOC(=O)CC[C@H](C(=O)OCC)N(C(=O)OC(C)(C)C)C(=O)[C@H](NC(=O)CN)C(C)C. The molecule has 0 bridgehead atoms. The van der Waals surface area contributed by atoms with E-state index in [1.165, 1.54) is 0 Å². The Balaban J connectivity index is 6.26. The summed E-state index contributed by atoms with van der Waals surface area (Å²) < 4.78 is 15.3. The van der Waals surface area contributed by atoms with E-state index in [-0.39, 0.29) is 32.6 Å². The highest BCUT2D eigenvalue weighted by atomic mass is 16.6. The van der Waals surface area contributed by atoms with Crippen molar-refractivity contribution in [2.45, 2.75) is 79.0 Å². The number of carbonyl (C=O) groups excluding carboxylic acids is 5. The van der Waals surface area contributed by atoms with E-state index in [0.717, 1.165) is 0 Å². The molecular formula is C21H37N3O8. The summed E-state index contributed by atoms with van der Waals surface area (Å²) in [5, 5.41) is 2.47.